The highest BCUT2D eigenvalue weighted by Gasteiger charge is 2.04. The summed E-state index contributed by atoms with van der Waals surface area (Å²) in [6.07, 6.45) is 0.298. The van der Waals surface area contributed by atoms with Crippen LogP contribution in [0.5, 0.6) is 5.75 Å². The zero-order chi connectivity index (χ0) is 10.6. The van der Waals surface area contributed by atoms with Crippen LogP contribution in [0.4, 0.5) is 0 Å². The molecule has 14 heavy (non-hydrogen) atoms. The van der Waals surface area contributed by atoms with E-state index < -0.39 is 0 Å². The molecule has 0 amide bonds. The minimum atomic E-state index is 0.111. The van der Waals surface area contributed by atoms with Crippen LogP contribution in [-0.4, -0.2) is 18.2 Å². The third-order valence-electron chi connectivity index (χ3n) is 1.75. The summed E-state index contributed by atoms with van der Waals surface area (Å²) < 4.78 is 5.02. The molecule has 0 saturated heterocycles. The Morgan fingerprint density at radius 1 is 1.64 bits per heavy atom. The normalized spacial score (nSPS) is 11.4. The van der Waals surface area contributed by atoms with Gasteiger partial charge in [-0.25, -0.2) is 0 Å². The first-order valence-electron chi connectivity index (χ1n) is 3.96. The lowest BCUT2D eigenvalue weighted by molar-refractivity contribution is 0.317. The first-order valence-corrected chi connectivity index (χ1v) is 4.34. The van der Waals surface area contributed by atoms with Gasteiger partial charge in [0.05, 0.1) is 7.11 Å². The van der Waals surface area contributed by atoms with Gasteiger partial charge in [0.2, 0.25) is 0 Å². The van der Waals surface area contributed by atoms with Gasteiger partial charge in [0.15, 0.2) is 0 Å². The molecule has 0 radical (unpaired) electrons. The van der Waals surface area contributed by atoms with Gasteiger partial charge >= 0.3 is 0 Å². The van der Waals surface area contributed by atoms with E-state index in [1.165, 1.54) is 0 Å². The summed E-state index contributed by atoms with van der Waals surface area (Å²) in [5.41, 5.74) is 6.13. The minimum absolute atomic E-state index is 0.111. The predicted octanol–water partition coefficient (Wildman–Crippen LogP) is 1.64. The molecule has 0 aliphatic rings. The molecule has 0 spiro atoms. The van der Waals surface area contributed by atoms with Crippen LogP contribution in [0.1, 0.15) is 5.56 Å². The van der Waals surface area contributed by atoms with Gasteiger partial charge in [-0.3, -0.25) is 0 Å². The molecule has 0 unspecified atom stereocenters. The first-order chi connectivity index (χ1) is 6.67. The smallest absolute Gasteiger partial charge is 0.143 e. The monoisotopic (exact) mass is 214 g/mol. The molecule has 0 heterocycles. The number of amidine groups is 1. The van der Waals surface area contributed by atoms with E-state index in [0.717, 1.165) is 5.56 Å². The summed E-state index contributed by atoms with van der Waals surface area (Å²) >= 11 is 5.91. The molecule has 4 nitrogen and oxygen atoms in total. The summed E-state index contributed by atoms with van der Waals surface area (Å²) in [6.45, 7) is 0. The topological polar surface area (TPSA) is 67.8 Å². The van der Waals surface area contributed by atoms with Gasteiger partial charge in [-0.1, -0.05) is 16.8 Å². The van der Waals surface area contributed by atoms with E-state index in [4.69, 9.17) is 27.3 Å². The lowest BCUT2D eigenvalue weighted by Gasteiger charge is -2.05. The molecule has 0 aromatic heterocycles. The number of oxime groups is 1. The number of halogens is 1. The summed E-state index contributed by atoms with van der Waals surface area (Å²) in [4.78, 5) is 0. The molecule has 3 N–H and O–H groups in total. The molecule has 76 valence electrons. The van der Waals surface area contributed by atoms with Crippen LogP contribution in [0.25, 0.3) is 0 Å². The Kier molecular flexibility index (Phi) is 3.59. The Bertz CT molecular complexity index is 353. The molecule has 0 aliphatic heterocycles. The third kappa shape index (κ3) is 2.53. The van der Waals surface area contributed by atoms with Crippen molar-refractivity contribution < 1.29 is 9.94 Å². The highest BCUT2D eigenvalue weighted by molar-refractivity contribution is 6.31. The molecule has 1 rings (SSSR count). The first kappa shape index (κ1) is 10.7. The lowest BCUT2D eigenvalue weighted by Crippen LogP contribution is -2.14. The summed E-state index contributed by atoms with van der Waals surface area (Å²) in [5.74, 6) is 0.801. The van der Waals surface area contributed by atoms with E-state index in [9.17, 15) is 0 Å². The molecule has 0 saturated carbocycles. The Hall–Kier alpha value is -1.42. The van der Waals surface area contributed by atoms with E-state index in [0.29, 0.717) is 17.2 Å². The Morgan fingerprint density at radius 2 is 2.36 bits per heavy atom. The zero-order valence-corrected chi connectivity index (χ0v) is 8.45. The van der Waals surface area contributed by atoms with Crippen molar-refractivity contribution in [1.29, 1.82) is 0 Å². The van der Waals surface area contributed by atoms with Crippen LogP contribution in [0.3, 0.4) is 0 Å². The van der Waals surface area contributed by atoms with Gasteiger partial charge in [0, 0.05) is 11.4 Å². The maximum absolute atomic E-state index is 8.40. The number of benzene rings is 1. The van der Waals surface area contributed by atoms with Gasteiger partial charge < -0.3 is 15.7 Å². The van der Waals surface area contributed by atoms with Crippen molar-refractivity contribution >= 4 is 17.4 Å². The average Bonchev–Trinajstić information content (AvgIpc) is 2.21. The number of rotatable bonds is 3. The largest absolute Gasteiger partial charge is 0.497 e. The van der Waals surface area contributed by atoms with Gasteiger partial charge in [-0.05, 0) is 23.8 Å². The van der Waals surface area contributed by atoms with Crippen molar-refractivity contribution in [3.05, 3.63) is 28.8 Å². The Labute approximate surface area is 86.9 Å². The van der Waals surface area contributed by atoms with Gasteiger partial charge in [0.1, 0.15) is 11.6 Å². The SMILES string of the molecule is COc1ccc(Cl)c(C/C(N)=N/O)c1. The number of nitrogens with two attached hydrogens (primary N) is 1. The molecular formula is C9H11ClN2O2. The summed E-state index contributed by atoms with van der Waals surface area (Å²) in [5, 5.41) is 11.8. The number of hydrogen-bond acceptors (Lipinski definition) is 3. The number of ether oxygens (including phenoxy) is 1. The van der Waals surface area contributed by atoms with Crippen molar-refractivity contribution in [2.24, 2.45) is 10.9 Å². The maximum Gasteiger partial charge on any atom is 0.143 e. The Balaban J connectivity index is 2.95. The van der Waals surface area contributed by atoms with Crippen LogP contribution < -0.4 is 10.5 Å². The van der Waals surface area contributed by atoms with Crippen molar-refractivity contribution in [3.8, 4) is 5.75 Å². The lowest BCUT2D eigenvalue weighted by atomic mass is 10.1. The van der Waals surface area contributed by atoms with Crippen molar-refractivity contribution in [1.82, 2.24) is 0 Å². The van der Waals surface area contributed by atoms with Crippen LogP contribution in [-0.2, 0) is 6.42 Å². The highest BCUT2D eigenvalue weighted by atomic mass is 35.5. The maximum atomic E-state index is 8.40. The second kappa shape index (κ2) is 4.72. The Morgan fingerprint density at radius 3 is 2.93 bits per heavy atom. The van der Waals surface area contributed by atoms with E-state index in [2.05, 4.69) is 5.16 Å². The third-order valence-corrected chi connectivity index (χ3v) is 2.12. The van der Waals surface area contributed by atoms with Crippen LogP contribution in [0.2, 0.25) is 5.02 Å². The number of nitrogens with zero attached hydrogens (tertiary/aromatic N) is 1. The predicted molar refractivity (Wildman–Crippen MR) is 55.1 cm³/mol. The molecule has 0 atom stereocenters. The van der Waals surface area contributed by atoms with Crippen LogP contribution in [0, 0.1) is 0 Å². The summed E-state index contributed by atoms with van der Waals surface area (Å²) in [6, 6.07) is 5.21. The molecule has 0 fully saturated rings. The zero-order valence-electron chi connectivity index (χ0n) is 7.70. The fraction of sp³-hybridized carbons (Fsp3) is 0.222. The van der Waals surface area contributed by atoms with E-state index in [-0.39, 0.29) is 5.84 Å². The second-order valence-corrected chi connectivity index (χ2v) is 3.13. The fourth-order valence-corrected chi connectivity index (χ4v) is 1.23. The van der Waals surface area contributed by atoms with Crippen molar-refractivity contribution in [3.63, 3.8) is 0 Å². The minimum Gasteiger partial charge on any atom is -0.497 e. The molecular weight excluding hydrogens is 204 g/mol. The molecule has 0 aliphatic carbocycles. The average molecular weight is 215 g/mol. The number of methoxy groups -OCH3 is 1. The van der Waals surface area contributed by atoms with Crippen molar-refractivity contribution in [2.75, 3.05) is 7.11 Å². The van der Waals surface area contributed by atoms with Crippen LogP contribution >= 0.6 is 11.6 Å². The standard InChI is InChI=1S/C9H11ClN2O2/c1-14-7-2-3-8(10)6(4-7)5-9(11)12-13/h2-4,13H,5H2,1H3,(H2,11,12). The van der Waals surface area contributed by atoms with E-state index in [1.807, 2.05) is 0 Å². The second-order valence-electron chi connectivity index (χ2n) is 2.73. The van der Waals surface area contributed by atoms with E-state index >= 15 is 0 Å². The molecule has 5 heteroatoms. The van der Waals surface area contributed by atoms with Gasteiger partial charge in [-0.15, -0.1) is 0 Å². The van der Waals surface area contributed by atoms with Crippen molar-refractivity contribution in [2.45, 2.75) is 6.42 Å². The van der Waals surface area contributed by atoms with E-state index in [1.54, 1.807) is 25.3 Å². The van der Waals surface area contributed by atoms with Gasteiger partial charge in [0.25, 0.3) is 0 Å². The quantitative estimate of drug-likeness (QED) is 0.348. The molecule has 1 aromatic rings. The number of hydrogen-bond donors (Lipinski definition) is 2. The highest BCUT2D eigenvalue weighted by Crippen LogP contribution is 2.22. The summed E-state index contributed by atoms with van der Waals surface area (Å²) in [7, 11) is 1.57. The molecule has 0 bridgehead atoms. The molecule has 1 aromatic carbocycles. The van der Waals surface area contributed by atoms with Crippen LogP contribution in [0.15, 0.2) is 23.4 Å². The van der Waals surface area contributed by atoms with Gasteiger partial charge in [-0.2, -0.15) is 0 Å². The fourth-order valence-electron chi connectivity index (χ4n) is 1.04.